The Kier molecular flexibility index (Phi) is 12.4. The molecule has 0 bridgehead atoms. The van der Waals surface area contributed by atoms with Crippen molar-refractivity contribution in [3.8, 4) is 28.5 Å². The van der Waals surface area contributed by atoms with E-state index in [4.69, 9.17) is 14.7 Å². The van der Waals surface area contributed by atoms with Crippen molar-refractivity contribution in [1.82, 2.24) is 30.2 Å². The van der Waals surface area contributed by atoms with Gasteiger partial charge in [0, 0.05) is 92.6 Å². The van der Waals surface area contributed by atoms with Crippen molar-refractivity contribution in [3.63, 3.8) is 0 Å². The number of anilines is 2. The molecule has 1 aliphatic carbocycles. The number of aromatic carboxylic acids is 1. The SMILES string of the molecule is CN1CCN(c2ccc3nc(-c4ccc5nc(-c6ccc(OCCCCNC(=O)c7ccc(C(=O)[O-])c(C8=C9C=CC(=[N+](C)C)C=C9[Si](C)(C)c9cc(N(C)C)ccc98)c7)cc6)[nH]c5c4)[nH]c3c2)CC1. The largest absolute Gasteiger partial charge is 0.545 e. The zero-order valence-corrected chi connectivity index (χ0v) is 41.9. The molecule has 13 nitrogen and oxygen atoms in total. The summed E-state index contributed by atoms with van der Waals surface area (Å²) < 4.78 is 8.18. The van der Waals surface area contributed by atoms with Crippen molar-refractivity contribution < 1.29 is 24.0 Å². The van der Waals surface area contributed by atoms with Crippen LogP contribution in [0.5, 0.6) is 5.75 Å². The van der Waals surface area contributed by atoms with Crippen LogP contribution in [0.15, 0.2) is 126 Å². The van der Waals surface area contributed by atoms with Gasteiger partial charge in [0.15, 0.2) is 5.71 Å². The number of nitrogens with one attached hydrogen (secondary N) is 3. The number of carbonyl (C=O) groups excluding carboxylic acids is 2. The second kappa shape index (κ2) is 18.7. The van der Waals surface area contributed by atoms with E-state index in [0.717, 1.165) is 111 Å². The number of nitrogens with zero attached hydrogens (tertiary/aromatic N) is 6. The summed E-state index contributed by atoms with van der Waals surface area (Å²) >= 11 is 0. The molecule has 0 saturated carbocycles. The molecule has 3 N–H and O–H groups in total. The molecular weight excluding hydrogens is 891 g/mol. The molecule has 70 heavy (non-hydrogen) atoms. The fourth-order valence-electron chi connectivity index (χ4n) is 9.86. The Bertz CT molecular complexity index is 3330. The molecule has 2 aromatic heterocycles. The molecule has 1 fully saturated rings. The maximum atomic E-state index is 13.7. The fourth-order valence-corrected chi connectivity index (χ4v) is 12.9. The van der Waals surface area contributed by atoms with E-state index in [0.29, 0.717) is 30.7 Å². The van der Waals surface area contributed by atoms with Crippen molar-refractivity contribution in [1.29, 1.82) is 0 Å². The Morgan fingerprint density at radius 1 is 0.800 bits per heavy atom. The highest BCUT2D eigenvalue weighted by Gasteiger charge is 2.41. The minimum atomic E-state index is -2.27. The number of aromatic nitrogens is 4. The van der Waals surface area contributed by atoms with Crippen LogP contribution in [0.2, 0.25) is 13.1 Å². The number of likely N-dealkylation sites (N-methyl/N-ethyl adjacent to an activating group) is 1. The van der Waals surface area contributed by atoms with Gasteiger partial charge in [0.05, 0.1) is 34.6 Å². The van der Waals surface area contributed by atoms with Crippen LogP contribution < -0.4 is 30.1 Å². The van der Waals surface area contributed by atoms with Gasteiger partial charge in [0.2, 0.25) is 0 Å². The molecule has 0 unspecified atom stereocenters. The normalized spacial score (nSPS) is 15.5. The van der Waals surface area contributed by atoms with Gasteiger partial charge in [0.25, 0.3) is 5.91 Å². The predicted molar refractivity (Wildman–Crippen MR) is 282 cm³/mol. The average Bonchev–Trinajstić information content (AvgIpc) is 3.99. The van der Waals surface area contributed by atoms with Crippen LogP contribution in [0.3, 0.4) is 0 Å². The lowest BCUT2D eigenvalue weighted by molar-refractivity contribution is -0.462. The number of carboxylic acids is 1. The fraction of sp³-hybridized carbons (Fsp3) is 0.268. The Balaban J connectivity index is 0.770. The lowest BCUT2D eigenvalue weighted by Gasteiger charge is -2.38. The molecule has 2 aliphatic heterocycles. The number of carboxylic acid groups (broad SMARTS) is 1. The number of benzene rings is 5. The Morgan fingerprint density at radius 3 is 2.21 bits per heavy atom. The molecule has 14 heteroatoms. The van der Waals surface area contributed by atoms with Gasteiger partial charge < -0.3 is 44.6 Å². The first-order valence-electron chi connectivity index (χ1n) is 24.0. The maximum absolute atomic E-state index is 13.7. The van der Waals surface area contributed by atoms with E-state index in [1.165, 1.54) is 22.1 Å². The molecule has 0 atom stereocenters. The summed E-state index contributed by atoms with van der Waals surface area (Å²) in [6.07, 6.45) is 7.83. The quantitative estimate of drug-likeness (QED) is 0.0630. The minimum Gasteiger partial charge on any atom is -0.545 e. The van der Waals surface area contributed by atoms with Crippen molar-refractivity contribution in [3.05, 3.63) is 148 Å². The third-order valence-corrected chi connectivity index (χ3v) is 17.6. The smallest absolute Gasteiger partial charge is 0.251 e. The number of rotatable bonds is 13. The summed E-state index contributed by atoms with van der Waals surface area (Å²) in [5.41, 5.74) is 12.7. The Hall–Kier alpha value is -7.55. The third-order valence-electron chi connectivity index (χ3n) is 14.0. The van der Waals surface area contributed by atoms with Gasteiger partial charge in [-0.15, -0.1) is 0 Å². The number of hydrogen-bond donors (Lipinski definition) is 3. The molecule has 0 spiro atoms. The lowest BCUT2D eigenvalue weighted by atomic mass is 9.86. The lowest BCUT2D eigenvalue weighted by Crippen LogP contribution is -2.50. The zero-order valence-electron chi connectivity index (χ0n) is 40.9. The number of H-pyrrole nitrogens is 2. The van der Waals surface area contributed by atoms with Gasteiger partial charge in [-0.05, 0) is 144 Å². The van der Waals surface area contributed by atoms with Gasteiger partial charge in [-0.2, -0.15) is 0 Å². The van der Waals surface area contributed by atoms with Crippen molar-refractivity contribution >= 4 is 69.9 Å². The van der Waals surface area contributed by atoms with E-state index in [1.54, 1.807) is 12.1 Å². The molecular formula is C56H59N9O4Si. The molecule has 1 amide bonds. The van der Waals surface area contributed by atoms with Gasteiger partial charge in [-0.3, -0.25) is 4.79 Å². The van der Waals surface area contributed by atoms with Crippen LogP contribution >= 0.6 is 0 Å². The third kappa shape index (κ3) is 8.96. The first-order valence-corrected chi connectivity index (χ1v) is 27.0. The summed E-state index contributed by atoms with van der Waals surface area (Å²) in [7, 11) is 8.00. The molecule has 3 aliphatic rings. The van der Waals surface area contributed by atoms with Crippen molar-refractivity contribution in [2.24, 2.45) is 0 Å². The molecule has 356 valence electrons. The van der Waals surface area contributed by atoms with Crippen LogP contribution in [0, 0.1) is 0 Å². The van der Waals surface area contributed by atoms with Crippen LogP contribution in [-0.2, 0) is 0 Å². The van der Waals surface area contributed by atoms with Crippen LogP contribution in [-0.4, -0.2) is 130 Å². The standard InChI is InChI=1S/C56H59N9O4Si/c1-62(2)38-14-20-43-50(33-38)70(6,7)51-34-39(63(3)4)15-21-44(51)52(43)45-30-37(12-19-42(45)56(67)68)55(66)57-24-8-9-29-69-41-17-10-35(11-18-41)53-58-46-22-13-36(31-48(46)60-53)54-59-47-23-16-40(32-49(47)61-54)65-27-25-64(5)26-28-65/h10-23,30-34H,8-9,24-29H2,1-7H3,(H3-,57,58,59,60,61,66,67,68). The van der Waals surface area contributed by atoms with E-state index >= 15 is 0 Å². The number of aromatic amines is 2. The number of allylic oxidation sites excluding steroid dienone is 5. The molecule has 7 aromatic rings. The number of fused-ring (bicyclic) bond motifs is 4. The monoisotopic (exact) mass is 949 g/mol. The van der Waals surface area contributed by atoms with E-state index in [2.05, 4.69) is 121 Å². The number of unbranched alkanes of at least 4 members (excludes halogenated alkanes) is 1. The maximum Gasteiger partial charge on any atom is 0.251 e. The number of hydrogen-bond acceptors (Lipinski definition) is 9. The van der Waals surface area contributed by atoms with Crippen molar-refractivity contribution in [2.75, 3.05) is 84.4 Å². The summed E-state index contributed by atoms with van der Waals surface area (Å²) in [6.45, 7) is 9.76. The van der Waals surface area contributed by atoms with Gasteiger partial charge >= 0.3 is 0 Å². The number of ether oxygens (including phenoxy) is 1. The topological polar surface area (TPSA) is 149 Å². The average molecular weight is 950 g/mol. The van der Waals surface area contributed by atoms with Crippen LogP contribution in [0.4, 0.5) is 11.4 Å². The highest BCUT2D eigenvalue weighted by Crippen LogP contribution is 2.43. The summed E-state index contributed by atoms with van der Waals surface area (Å²) in [6, 6.07) is 31.7. The second-order valence-electron chi connectivity index (χ2n) is 19.5. The molecule has 5 aromatic carbocycles. The number of piperazine rings is 1. The van der Waals surface area contributed by atoms with Gasteiger partial charge in [-0.1, -0.05) is 25.2 Å². The highest BCUT2D eigenvalue weighted by molar-refractivity contribution is 6.98. The summed E-state index contributed by atoms with van der Waals surface area (Å²) in [5, 5.41) is 18.2. The van der Waals surface area contributed by atoms with Crippen molar-refractivity contribution in [2.45, 2.75) is 25.9 Å². The Labute approximate surface area is 409 Å². The van der Waals surface area contributed by atoms with E-state index in [1.807, 2.05) is 58.5 Å². The number of carbonyl (C=O) groups is 2. The van der Waals surface area contributed by atoms with Crippen LogP contribution in [0.25, 0.3) is 50.4 Å². The summed E-state index contributed by atoms with van der Waals surface area (Å²) in [4.78, 5) is 50.1. The predicted octanol–water partition coefficient (Wildman–Crippen LogP) is 7.02. The second-order valence-corrected chi connectivity index (χ2v) is 23.9. The molecule has 1 saturated heterocycles. The first-order chi connectivity index (χ1) is 33.7. The first kappa shape index (κ1) is 46.2. The Morgan fingerprint density at radius 2 is 1.50 bits per heavy atom. The van der Waals surface area contributed by atoms with Gasteiger partial charge in [-0.25, -0.2) is 14.5 Å². The molecule has 4 heterocycles. The number of imidazole rings is 2. The zero-order chi connectivity index (χ0) is 48.8. The van der Waals surface area contributed by atoms with Gasteiger partial charge in [0.1, 0.15) is 39.6 Å². The highest BCUT2D eigenvalue weighted by atomic mass is 28.3. The molecule has 10 rings (SSSR count). The number of amides is 1. The van der Waals surface area contributed by atoms with Crippen LogP contribution in [0.1, 0.15) is 44.7 Å². The van der Waals surface area contributed by atoms with E-state index < -0.39 is 14.0 Å². The van der Waals surface area contributed by atoms with E-state index in [9.17, 15) is 14.7 Å². The van der Waals surface area contributed by atoms with E-state index in [-0.39, 0.29) is 11.5 Å². The summed E-state index contributed by atoms with van der Waals surface area (Å²) in [5.74, 6) is 0.779. The minimum absolute atomic E-state index is 0.0461. The molecule has 0 radical (unpaired) electrons.